The van der Waals surface area contributed by atoms with E-state index < -0.39 is 15.2 Å². The fourth-order valence-electron chi connectivity index (χ4n) is 3.10. The second-order valence-electron chi connectivity index (χ2n) is 6.68. The molecule has 0 saturated heterocycles. The zero-order valence-corrected chi connectivity index (χ0v) is 21.2. The van der Waals surface area contributed by atoms with Crippen LogP contribution in [-0.2, 0) is 46.0 Å². The van der Waals surface area contributed by atoms with E-state index in [1.807, 2.05) is 27.7 Å². The molecule has 0 amide bonds. The number of unbranched alkanes of at least 4 members (excludes halogenated alkanes) is 3. The van der Waals surface area contributed by atoms with Crippen LogP contribution in [0.25, 0.3) is 0 Å². The van der Waals surface area contributed by atoms with E-state index in [2.05, 4.69) is 13.0 Å². The first-order valence-electron chi connectivity index (χ1n) is 10.7. The van der Waals surface area contributed by atoms with Gasteiger partial charge in [0.05, 0.1) is 38.8 Å². The van der Waals surface area contributed by atoms with E-state index in [0.717, 1.165) is 34.6 Å². The van der Waals surface area contributed by atoms with Gasteiger partial charge in [0.15, 0.2) is 0 Å². The maximum absolute atomic E-state index is 13.1. The van der Waals surface area contributed by atoms with Gasteiger partial charge in [-0.15, -0.1) is 11.3 Å². The summed E-state index contributed by atoms with van der Waals surface area (Å²) in [5.74, 6) is 0. The first-order chi connectivity index (χ1) is 13.8. The summed E-state index contributed by atoms with van der Waals surface area (Å²) in [4.78, 5) is 1.91. The van der Waals surface area contributed by atoms with E-state index in [1.54, 1.807) is 0 Å². The van der Waals surface area contributed by atoms with Gasteiger partial charge < -0.3 is 18.1 Å². The molecule has 0 fully saturated rings. The van der Waals surface area contributed by atoms with Crippen molar-refractivity contribution in [3.05, 3.63) is 21.4 Å². The Hall–Kier alpha value is -0.0000000000000000971. The Kier molecular flexibility index (Phi) is 13.2. The highest BCUT2D eigenvalue weighted by atomic mass is 32.1. The molecule has 6 nitrogen and oxygen atoms in total. The van der Waals surface area contributed by atoms with Gasteiger partial charge in [0.25, 0.3) is 0 Å². The summed E-state index contributed by atoms with van der Waals surface area (Å²) in [5, 5.41) is 0. The smallest absolute Gasteiger partial charge is 0.309 e. The lowest BCUT2D eigenvalue weighted by atomic mass is 10.1. The molecule has 0 unspecified atom stereocenters. The monoisotopic (exact) mass is 468 g/mol. The molecule has 0 N–H and O–H groups in total. The summed E-state index contributed by atoms with van der Waals surface area (Å²) in [6.45, 7) is 10.8. The van der Waals surface area contributed by atoms with Crippen molar-refractivity contribution in [3.8, 4) is 0 Å². The third-order valence-corrected chi connectivity index (χ3v) is 9.88. The van der Waals surface area contributed by atoms with Crippen LogP contribution in [0, 0.1) is 0 Å². The number of rotatable bonds is 17. The van der Waals surface area contributed by atoms with Crippen LogP contribution in [0.15, 0.2) is 6.07 Å². The molecule has 0 aliphatic rings. The van der Waals surface area contributed by atoms with E-state index in [-0.39, 0.29) is 12.3 Å². The topological polar surface area (TPSA) is 71.1 Å². The molecule has 0 aromatic carbocycles. The number of hydrogen-bond donors (Lipinski definition) is 0. The van der Waals surface area contributed by atoms with Gasteiger partial charge >= 0.3 is 15.2 Å². The van der Waals surface area contributed by atoms with Crippen molar-refractivity contribution in [3.63, 3.8) is 0 Å². The van der Waals surface area contributed by atoms with Crippen LogP contribution in [-0.4, -0.2) is 26.4 Å². The second-order valence-corrected chi connectivity index (χ2v) is 12.0. The highest BCUT2D eigenvalue weighted by Crippen LogP contribution is 2.55. The van der Waals surface area contributed by atoms with Gasteiger partial charge in [0.2, 0.25) is 0 Å². The van der Waals surface area contributed by atoms with Gasteiger partial charge in [-0.05, 0) is 52.2 Å². The second kappa shape index (κ2) is 14.1. The molecule has 0 spiro atoms. The van der Waals surface area contributed by atoms with Crippen molar-refractivity contribution in [2.24, 2.45) is 0 Å². The Morgan fingerprint density at radius 3 is 1.76 bits per heavy atom. The van der Waals surface area contributed by atoms with Crippen LogP contribution in [0.5, 0.6) is 0 Å². The molecule has 0 radical (unpaired) electrons. The molecular formula is C20H38O6P2S. The molecule has 1 rings (SSSR count). The van der Waals surface area contributed by atoms with Crippen molar-refractivity contribution in [1.29, 1.82) is 0 Å². The Morgan fingerprint density at radius 1 is 0.759 bits per heavy atom. The van der Waals surface area contributed by atoms with Crippen LogP contribution < -0.4 is 0 Å². The lowest BCUT2D eigenvalue weighted by Crippen LogP contribution is -1.99. The minimum Gasteiger partial charge on any atom is -0.309 e. The molecule has 0 saturated carbocycles. The van der Waals surface area contributed by atoms with E-state index >= 15 is 0 Å². The molecule has 9 heteroatoms. The van der Waals surface area contributed by atoms with Gasteiger partial charge in [-0.2, -0.15) is 0 Å². The Balaban J connectivity index is 3.10. The first kappa shape index (κ1) is 27.0. The number of hydrogen-bond acceptors (Lipinski definition) is 7. The maximum Gasteiger partial charge on any atom is 0.335 e. The van der Waals surface area contributed by atoms with Gasteiger partial charge in [-0.3, -0.25) is 9.13 Å². The minimum atomic E-state index is -3.20. The molecular weight excluding hydrogens is 430 g/mol. The van der Waals surface area contributed by atoms with Crippen LogP contribution in [0.3, 0.4) is 0 Å². The summed E-state index contributed by atoms with van der Waals surface area (Å²) in [7, 11) is -6.38. The quantitative estimate of drug-likeness (QED) is 0.175. The average molecular weight is 469 g/mol. The van der Waals surface area contributed by atoms with E-state index in [0.29, 0.717) is 26.4 Å². The van der Waals surface area contributed by atoms with Crippen LogP contribution >= 0.6 is 26.5 Å². The van der Waals surface area contributed by atoms with E-state index in [4.69, 9.17) is 18.1 Å². The summed E-state index contributed by atoms with van der Waals surface area (Å²) in [6, 6.07) is 2.07. The van der Waals surface area contributed by atoms with Crippen LogP contribution in [0.1, 0.15) is 75.6 Å². The highest BCUT2D eigenvalue weighted by molar-refractivity contribution is 7.54. The molecule has 0 aliphatic heterocycles. The van der Waals surface area contributed by atoms with Gasteiger partial charge in [-0.25, -0.2) is 0 Å². The van der Waals surface area contributed by atoms with Crippen molar-refractivity contribution in [2.45, 2.75) is 79.0 Å². The first-order valence-corrected chi connectivity index (χ1v) is 15.0. The minimum absolute atomic E-state index is 0.231. The SMILES string of the molecule is CCCCCCc1cc(CP(=O)(OCC)OCC)sc1CP(=O)(OCC)OCC. The fourth-order valence-corrected chi connectivity index (χ4v) is 8.49. The van der Waals surface area contributed by atoms with Gasteiger partial charge in [-0.1, -0.05) is 26.2 Å². The van der Waals surface area contributed by atoms with Crippen LogP contribution in [0.2, 0.25) is 0 Å². The number of thiophene rings is 1. The fraction of sp³-hybridized carbons (Fsp3) is 0.800. The lowest BCUT2D eigenvalue weighted by Gasteiger charge is -2.17. The van der Waals surface area contributed by atoms with Crippen LogP contribution in [0.4, 0.5) is 0 Å². The average Bonchev–Trinajstić information content (AvgIpc) is 2.99. The summed E-state index contributed by atoms with van der Waals surface area (Å²) >= 11 is 1.52. The zero-order chi connectivity index (χ0) is 21.8. The third-order valence-electron chi connectivity index (χ3n) is 4.24. The van der Waals surface area contributed by atoms with Crippen molar-refractivity contribution < 1.29 is 27.2 Å². The largest absolute Gasteiger partial charge is 0.335 e. The Bertz CT molecular complexity index is 656. The van der Waals surface area contributed by atoms with Gasteiger partial charge in [0.1, 0.15) is 0 Å². The van der Waals surface area contributed by atoms with Crippen molar-refractivity contribution in [2.75, 3.05) is 26.4 Å². The Morgan fingerprint density at radius 2 is 1.28 bits per heavy atom. The molecule has 0 atom stereocenters. The molecule has 0 aliphatic carbocycles. The summed E-state index contributed by atoms with van der Waals surface area (Å²) in [6.07, 6.45) is 5.98. The van der Waals surface area contributed by atoms with Crippen molar-refractivity contribution >= 4 is 26.5 Å². The highest BCUT2D eigenvalue weighted by Gasteiger charge is 2.29. The Labute approximate surface area is 180 Å². The molecule has 0 bridgehead atoms. The summed E-state index contributed by atoms with van der Waals surface area (Å²) in [5.41, 5.74) is 1.14. The predicted octanol–water partition coefficient (Wildman–Crippen LogP) is 7.40. The van der Waals surface area contributed by atoms with Crippen molar-refractivity contribution in [1.82, 2.24) is 0 Å². The standard InChI is InChI=1S/C20H38O6P2S/c1-6-11-12-13-14-18-15-19(16-27(21,23-7-2)24-8-3)29-20(18)17-28(22,25-9-4)26-10-5/h15H,6-14,16-17H2,1-5H3. The van der Waals surface area contributed by atoms with Gasteiger partial charge in [0, 0.05) is 9.75 Å². The molecule has 29 heavy (non-hydrogen) atoms. The molecule has 1 heterocycles. The summed E-state index contributed by atoms with van der Waals surface area (Å²) < 4.78 is 47.9. The molecule has 1 aromatic rings. The predicted molar refractivity (Wildman–Crippen MR) is 121 cm³/mol. The van der Waals surface area contributed by atoms with E-state index in [9.17, 15) is 9.13 Å². The lowest BCUT2D eigenvalue weighted by molar-refractivity contribution is 0.218. The zero-order valence-electron chi connectivity index (χ0n) is 18.6. The molecule has 1 aromatic heterocycles. The normalized spacial score (nSPS) is 12.6. The third kappa shape index (κ3) is 9.78. The molecule has 170 valence electrons. The number of aryl methyl sites for hydroxylation is 1. The maximum atomic E-state index is 13.1. The van der Waals surface area contributed by atoms with E-state index in [1.165, 1.54) is 24.2 Å².